The Morgan fingerprint density at radius 2 is 2.00 bits per heavy atom. The van der Waals surface area contributed by atoms with Crippen LogP contribution in [-0.4, -0.2) is 18.4 Å². The summed E-state index contributed by atoms with van der Waals surface area (Å²) in [6.45, 7) is 0.450. The highest BCUT2D eigenvalue weighted by Gasteiger charge is 2.27. The third-order valence-corrected chi connectivity index (χ3v) is 3.85. The van der Waals surface area contributed by atoms with Gasteiger partial charge >= 0.3 is 11.8 Å². The maximum absolute atomic E-state index is 11.3. The highest BCUT2D eigenvalue weighted by Crippen LogP contribution is 2.30. The second kappa shape index (κ2) is 3.85. The lowest BCUT2D eigenvalue weighted by Crippen LogP contribution is -2.51. The first-order valence-electron chi connectivity index (χ1n) is 5.30. The van der Waals surface area contributed by atoms with E-state index >= 15 is 0 Å². The van der Waals surface area contributed by atoms with Gasteiger partial charge in [-0.05, 0) is 22.4 Å². The molecule has 86 valence electrons. The molecule has 0 aliphatic carbocycles. The summed E-state index contributed by atoms with van der Waals surface area (Å²) in [5, 5.41) is 8.48. The van der Waals surface area contributed by atoms with Gasteiger partial charge < -0.3 is 10.6 Å². The van der Waals surface area contributed by atoms with Crippen LogP contribution in [0, 0.1) is 0 Å². The smallest absolute Gasteiger partial charge is 0.309 e. The summed E-state index contributed by atoms with van der Waals surface area (Å²) in [6.07, 6.45) is 0. The van der Waals surface area contributed by atoms with Crippen LogP contribution in [0.15, 0.2) is 29.6 Å². The Labute approximate surface area is 102 Å². The fourth-order valence-electron chi connectivity index (χ4n) is 2.01. The fourth-order valence-corrected chi connectivity index (χ4v) is 3.02. The predicted molar refractivity (Wildman–Crippen MR) is 65.7 cm³/mol. The van der Waals surface area contributed by atoms with E-state index in [1.54, 1.807) is 11.3 Å². The number of hydrogen-bond donors (Lipinski definition) is 2. The van der Waals surface area contributed by atoms with Crippen molar-refractivity contribution in [1.29, 1.82) is 0 Å². The molecule has 0 radical (unpaired) electrons. The predicted octanol–water partition coefficient (Wildman–Crippen LogP) is 1.19. The third kappa shape index (κ3) is 1.68. The second-order valence-corrected chi connectivity index (χ2v) is 4.83. The minimum absolute atomic E-state index is 0.128. The Hall–Kier alpha value is -1.88. The number of fused-ring (bicyclic) bond motifs is 1. The summed E-state index contributed by atoms with van der Waals surface area (Å²) < 4.78 is 1.19. The van der Waals surface area contributed by atoms with Gasteiger partial charge in [-0.1, -0.05) is 18.2 Å². The van der Waals surface area contributed by atoms with E-state index in [4.69, 9.17) is 0 Å². The molecular formula is C12H10N2O2S. The Bertz CT molecular complexity index is 605. The van der Waals surface area contributed by atoms with Crippen molar-refractivity contribution >= 4 is 33.2 Å². The molecule has 2 amide bonds. The first-order valence-corrected chi connectivity index (χ1v) is 6.18. The lowest BCUT2D eigenvalue weighted by Gasteiger charge is -2.23. The van der Waals surface area contributed by atoms with Crippen molar-refractivity contribution in [3.05, 3.63) is 35.2 Å². The van der Waals surface area contributed by atoms with Crippen LogP contribution < -0.4 is 10.6 Å². The third-order valence-electron chi connectivity index (χ3n) is 2.86. The molecule has 5 heteroatoms. The quantitative estimate of drug-likeness (QED) is 0.742. The van der Waals surface area contributed by atoms with E-state index in [1.165, 1.54) is 4.70 Å². The zero-order valence-corrected chi connectivity index (χ0v) is 9.71. The highest BCUT2D eigenvalue weighted by atomic mass is 32.1. The Morgan fingerprint density at radius 1 is 1.18 bits per heavy atom. The minimum Gasteiger partial charge on any atom is -0.345 e. The maximum Gasteiger partial charge on any atom is 0.309 e. The van der Waals surface area contributed by atoms with Crippen molar-refractivity contribution in [2.75, 3.05) is 6.54 Å². The van der Waals surface area contributed by atoms with Gasteiger partial charge in [-0.3, -0.25) is 9.59 Å². The monoisotopic (exact) mass is 246 g/mol. The molecule has 1 aromatic heterocycles. The summed E-state index contributed by atoms with van der Waals surface area (Å²) in [5.41, 5.74) is 1.07. The van der Waals surface area contributed by atoms with Gasteiger partial charge in [-0.15, -0.1) is 11.3 Å². The van der Waals surface area contributed by atoms with E-state index in [1.807, 2.05) is 29.6 Å². The van der Waals surface area contributed by atoms with Gasteiger partial charge in [0, 0.05) is 11.2 Å². The van der Waals surface area contributed by atoms with Gasteiger partial charge in [-0.25, -0.2) is 0 Å². The van der Waals surface area contributed by atoms with Gasteiger partial charge in [0.25, 0.3) is 0 Å². The van der Waals surface area contributed by atoms with Gasteiger partial charge in [-0.2, -0.15) is 0 Å². The molecule has 0 saturated carbocycles. The Balaban J connectivity index is 1.99. The van der Waals surface area contributed by atoms with Crippen molar-refractivity contribution in [3.8, 4) is 0 Å². The lowest BCUT2D eigenvalue weighted by molar-refractivity contribution is -0.141. The first-order chi connectivity index (χ1) is 8.25. The SMILES string of the molecule is O=C1NCC(c2csc3ccccc23)NC1=O. The van der Waals surface area contributed by atoms with Crippen molar-refractivity contribution in [2.24, 2.45) is 0 Å². The largest absolute Gasteiger partial charge is 0.345 e. The number of amides is 2. The first kappa shape index (κ1) is 10.3. The van der Waals surface area contributed by atoms with Crippen molar-refractivity contribution < 1.29 is 9.59 Å². The molecule has 17 heavy (non-hydrogen) atoms. The minimum atomic E-state index is -0.559. The van der Waals surface area contributed by atoms with Crippen LogP contribution in [0.4, 0.5) is 0 Å². The van der Waals surface area contributed by atoms with Crippen LogP contribution in [0.3, 0.4) is 0 Å². The van der Waals surface area contributed by atoms with Crippen LogP contribution in [-0.2, 0) is 9.59 Å². The molecule has 0 bridgehead atoms. The molecule has 1 atom stereocenters. The standard InChI is InChI=1S/C12H10N2O2S/c15-11-12(16)14-9(5-13-11)8-6-17-10-4-2-1-3-7(8)10/h1-4,6,9H,5H2,(H,13,15)(H,14,16). The maximum atomic E-state index is 11.3. The number of thiophene rings is 1. The lowest BCUT2D eigenvalue weighted by atomic mass is 10.0. The Kier molecular flexibility index (Phi) is 2.33. The van der Waals surface area contributed by atoms with Crippen molar-refractivity contribution in [2.45, 2.75) is 6.04 Å². The zero-order valence-electron chi connectivity index (χ0n) is 8.90. The molecule has 4 nitrogen and oxygen atoms in total. The molecule has 3 rings (SSSR count). The molecule has 0 spiro atoms. The molecule has 1 aromatic carbocycles. The molecule has 2 heterocycles. The fraction of sp³-hybridized carbons (Fsp3) is 0.167. The number of carbonyl (C=O) groups is 2. The van der Waals surface area contributed by atoms with E-state index in [9.17, 15) is 9.59 Å². The molecule has 1 saturated heterocycles. The number of carbonyl (C=O) groups excluding carboxylic acids is 2. The molecule has 2 aromatic rings. The van der Waals surface area contributed by atoms with E-state index in [-0.39, 0.29) is 6.04 Å². The summed E-state index contributed by atoms with van der Waals surface area (Å²) in [7, 11) is 0. The average Bonchev–Trinajstić information content (AvgIpc) is 2.76. The molecule has 1 fully saturated rings. The van der Waals surface area contributed by atoms with Crippen LogP contribution >= 0.6 is 11.3 Å². The summed E-state index contributed by atoms with van der Waals surface area (Å²) >= 11 is 1.65. The van der Waals surface area contributed by atoms with Gasteiger partial charge in [0.15, 0.2) is 0 Å². The van der Waals surface area contributed by atoms with Gasteiger partial charge in [0.1, 0.15) is 0 Å². The van der Waals surface area contributed by atoms with Crippen molar-refractivity contribution in [1.82, 2.24) is 10.6 Å². The van der Waals surface area contributed by atoms with Crippen LogP contribution in [0.1, 0.15) is 11.6 Å². The number of rotatable bonds is 1. The highest BCUT2D eigenvalue weighted by molar-refractivity contribution is 7.17. The molecule has 1 aliphatic rings. The van der Waals surface area contributed by atoms with Gasteiger partial charge in [0.05, 0.1) is 6.04 Å². The summed E-state index contributed by atoms with van der Waals surface area (Å²) in [5.74, 6) is -1.11. The summed E-state index contributed by atoms with van der Waals surface area (Å²) in [4.78, 5) is 22.4. The zero-order chi connectivity index (χ0) is 11.8. The molecular weight excluding hydrogens is 236 g/mol. The second-order valence-electron chi connectivity index (χ2n) is 3.92. The van der Waals surface area contributed by atoms with E-state index < -0.39 is 11.8 Å². The number of piperazine rings is 1. The van der Waals surface area contributed by atoms with E-state index in [0.29, 0.717) is 6.54 Å². The number of hydrogen-bond acceptors (Lipinski definition) is 3. The van der Waals surface area contributed by atoms with E-state index in [2.05, 4.69) is 10.6 Å². The van der Waals surface area contributed by atoms with Crippen LogP contribution in [0.5, 0.6) is 0 Å². The summed E-state index contributed by atoms with van der Waals surface area (Å²) in [6, 6.07) is 7.92. The number of nitrogens with one attached hydrogen (secondary N) is 2. The normalized spacial score (nSPS) is 20.1. The van der Waals surface area contributed by atoms with Crippen LogP contribution in [0.2, 0.25) is 0 Å². The van der Waals surface area contributed by atoms with E-state index in [0.717, 1.165) is 10.9 Å². The molecule has 1 unspecified atom stereocenters. The van der Waals surface area contributed by atoms with Crippen LogP contribution in [0.25, 0.3) is 10.1 Å². The topological polar surface area (TPSA) is 58.2 Å². The molecule has 2 N–H and O–H groups in total. The van der Waals surface area contributed by atoms with Crippen molar-refractivity contribution in [3.63, 3.8) is 0 Å². The average molecular weight is 246 g/mol. The van der Waals surface area contributed by atoms with Gasteiger partial charge in [0.2, 0.25) is 0 Å². The Morgan fingerprint density at radius 3 is 2.82 bits per heavy atom. The molecule has 1 aliphatic heterocycles. The number of benzene rings is 1.